The molecule has 40 heavy (non-hydrogen) atoms. The van der Waals surface area contributed by atoms with Gasteiger partial charge in [0.1, 0.15) is 0 Å². The zero-order valence-electron chi connectivity index (χ0n) is 22.0. The smallest absolute Gasteiger partial charge is 0.462 e. The molecule has 0 spiro atoms. The minimum atomic E-state index is -7.62. The quantitative estimate of drug-likeness (QED) is 0.0721. The van der Waals surface area contributed by atoms with Crippen molar-refractivity contribution in [1.29, 1.82) is 0 Å². The second-order valence-corrected chi connectivity index (χ2v) is 12.1. The van der Waals surface area contributed by atoms with E-state index in [-0.39, 0.29) is 5.97 Å². The van der Waals surface area contributed by atoms with E-state index in [1.54, 1.807) is 6.92 Å². The van der Waals surface area contributed by atoms with Crippen LogP contribution in [0.1, 0.15) is 53.4 Å². The molecule has 0 aromatic rings. The van der Waals surface area contributed by atoms with Crippen LogP contribution in [-0.4, -0.2) is 82.9 Å². The van der Waals surface area contributed by atoms with Crippen molar-refractivity contribution in [2.45, 2.75) is 76.2 Å². The number of rotatable bonds is 15. The molecule has 0 bridgehead atoms. The first-order chi connectivity index (χ1) is 17.7. The molecular weight excluding hydrogens is 618 g/mol. The van der Waals surface area contributed by atoms with Crippen LogP contribution in [0.3, 0.4) is 0 Å². The predicted molar refractivity (Wildman–Crippen MR) is 124 cm³/mol. The van der Waals surface area contributed by atoms with Gasteiger partial charge in [0.05, 0.1) is 32.8 Å². The van der Waals surface area contributed by atoms with Crippen molar-refractivity contribution >= 4 is 26.0 Å². The standard InChI is InChI=1S/C16H32NO2.C4F10NO4S2/c1-6-10-17(11-7-2,12-8-3)13-9-14-19-16(18)15(4)5;5-1(6,7)3(11,12)20(16,17)15-21(18,19)4(13,14)2(8,9)10/h4,6-14H2,1-3,5H3;/q+1;-1. The first-order valence-corrected chi connectivity index (χ1v) is 14.4. The Kier molecular flexibility index (Phi) is 15.2. The number of hydrogen-bond donors (Lipinski definition) is 0. The molecule has 0 heterocycles. The largest absolute Gasteiger partial charge is 0.467 e. The highest BCUT2D eigenvalue weighted by Crippen LogP contribution is 2.47. The fourth-order valence-corrected chi connectivity index (χ4v) is 5.66. The van der Waals surface area contributed by atoms with Gasteiger partial charge >= 0.3 is 28.8 Å². The van der Waals surface area contributed by atoms with Crippen LogP contribution in [0.5, 0.6) is 0 Å². The minimum absolute atomic E-state index is 0.264. The van der Waals surface area contributed by atoms with Gasteiger partial charge in [0.15, 0.2) is 20.0 Å². The van der Waals surface area contributed by atoms with Gasteiger partial charge in [-0.3, -0.25) is 0 Å². The van der Waals surface area contributed by atoms with Gasteiger partial charge in [-0.05, 0) is 26.2 Å². The summed E-state index contributed by atoms with van der Waals surface area (Å²) >= 11 is 0. The van der Waals surface area contributed by atoms with Crippen LogP contribution in [0.15, 0.2) is 12.2 Å². The van der Waals surface area contributed by atoms with Crippen LogP contribution in [0.4, 0.5) is 43.9 Å². The third-order valence-electron chi connectivity index (χ3n) is 4.96. The fraction of sp³-hybridized carbons (Fsp3) is 0.850. The molecule has 0 aliphatic heterocycles. The van der Waals surface area contributed by atoms with Crippen molar-refractivity contribution in [3.63, 3.8) is 0 Å². The first kappa shape index (κ1) is 40.5. The maximum atomic E-state index is 12.3. The number of hydrogen-bond acceptors (Lipinski definition) is 6. The van der Waals surface area contributed by atoms with Crippen molar-refractivity contribution < 1.29 is 74.8 Å². The number of esters is 1. The SMILES string of the molecule is C=C(C)C(=O)OCCC[N+](CCC)(CCC)CCC.O=S(=O)([N-]S(=O)(=O)C(F)(F)C(F)(F)F)C(F)(F)C(F)(F)F. The fourth-order valence-electron chi connectivity index (χ4n) is 3.30. The summed E-state index contributed by atoms with van der Waals surface area (Å²) in [5, 5.41) is -14.0. The lowest BCUT2D eigenvalue weighted by Crippen LogP contribution is -2.50. The Labute approximate surface area is 226 Å². The molecule has 0 N–H and O–H groups in total. The van der Waals surface area contributed by atoms with Crippen LogP contribution in [0.25, 0.3) is 4.13 Å². The summed E-state index contributed by atoms with van der Waals surface area (Å²) < 4.78 is 167. The third kappa shape index (κ3) is 11.0. The highest BCUT2D eigenvalue weighted by Gasteiger charge is 2.68. The number of quaternary nitrogens is 1. The van der Waals surface area contributed by atoms with Crippen molar-refractivity contribution in [2.75, 3.05) is 32.8 Å². The van der Waals surface area contributed by atoms with Crippen LogP contribution in [-0.2, 0) is 29.6 Å². The van der Waals surface area contributed by atoms with Crippen molar-refractivity contribution in [3.8, 4) is 0 Å². The van der Waals surface area contributed by atoms with Crippen LogP contribution in [0, 0.1) is 0 Å². The number of carbonyl (C=O) groups excluding carboxylic acids is 1. The molecule has 0 radical (unpaired) electrons. The van der Waals surface area contributed by atoms with Gasteiger partial charge in [-0.25, -0.2) is 21.6 Å². The summed E-state index contributed by atoms with van der Waals surface area (Å²) in [6.07, 6.45) is -9.42. The monoisotopic (exact) mass is 650 g/mol. The van der Waals surface area contributed by atoms with Crippen LogP contribution < -0.4 is 0 Å². The van der Waals surface area contributed by atoms with Gasteiger partial charge in [-0.15, -0.1) is 0 Å². The molecule has 0 aromatic carbocycles. The summed E-state index contributed by atoms with van der Waals surface area (Å²) in [6.45, 7) is 17.4. The van der Waals surface area contributed by atoms with E-state index in [0.717, 1.165) is 13.0 Å². The average Bonchev–Trinajstić information content (AvgIpc) is 2.75. The van der Waals surface area contributed by atoms with Gasteiger partial charge in [0, 0.05) is 12.0 Å². The molecular formula is C20H32F10N2O6S2. The summed E-state index contributed by atoms with van der Waals surface area (Å²) in [7, 11) is -15.2. The highest BCUT2D eigenvalue weighted by molar-refractivity contribution is 8.13. The van der Waals surface area contributed by atoms with E-state index < -0.39 is 42.9 Å². The van der Waals surface area contributed by atoms with E-state index in [1.807, 2.05) is 0 Å². The Balaban J connectivity index is 0. The minimum Gasteiger partial charge on any atom is -0.462 e. The van der Waals surface area contributed by atoms with Crippen molar-refractivity contribution in [2.24, 2.45) is 0 Å². The molecule has 0 rings (SSSR count). The van der Waals surface area contributed by atoms with Crippen LogP contribution >= 0.6 is 0 Å². The van der Waals surface area contributed by atoms with Crippen molar-refractivity contribution in [1.82, 2.24) is 0 Å². The second kappa shape index (κ2) is 15.0. The molecule has 0 saturated carbocycles. The van der Waals surface area contributed by atoms with E-state index >= 15 is 0 Å². The number of nitrogens with zero attached hydrogens (tertiary/aromatic N) is 2. The summed E-state index contributed by atoms with van der Waals surface area (Å²) in [6, 6.07) is 0. The summed E-state index contributed by atoms with van der Waals surface area (Å²) in [5.41, 5.74) is 0.483. The predicted octanol–water partition coefficient (Wildman–Crippen LogP) is 5.87. The van der Waals surface area contributed by atoms with Crippen molar-refractivity contribution in [3.05, 3.63) is 16.3 Å². The van der Waals surface area contributed by atoms with E-state index in [4.69, 9.17) is 4.74 Å². The lowest BCUT2D eigenvalue weighted by atomic mass is 10.2. The summed E-state index contributed by atoms with van der Waals surface area (Å²) in [5.74, 6) is -0.264. The van der Waals surface area contributed by atoms with E-state index in [0.29, 0.717) is 16.3 Å². The van der Waals surface area contributed by atoms with Crippen LogP contribution in [0.2, 0.25) is 0 Å². The highest BCUT2D eigenvalue weighted by atomic mass is 32.3. The zero-order valence-corrected chi connectivity index (χ0v) is 23.6. The molecule has 0 saturated heterocycles. The molecule has 8 nitrogen and oxygen atoms in total. The number of ether oxygens (including phenoxy) is 1. The molecule has 0 atom stereocenters. The molecule has 0 unspecified atom stereocenters. The van der Waals surface area contributed by atoms with E-state index in [2.05, 4.69) is 27.4 Å². The number of alkyl halides is 10. The average molecular weight is 651 g/mol. The normalized spacial score (nSPS) is 13.8. The number of halogens is 10. The molecule has 0 aliphatic carbocycles. The molecule has 0 aliphatic rings. The Morgan fingerprint density at radius 1 is 0.725 bits per heavy atom. The van der Waals surface area contributed by atoms with Gasteiger partial charge in [0.25, 0.3) is 0 Å². The maximum absolute atomic E-state index is 12.3. The maximum Gasteiger partial charge on any atom is 0.467 e. The molecule has 0 amide bonds. The molecule has 20 heteroatoms. The van der Waals surface area contributed by atoms with E-state index in [1.165, 1.54) is 43.4 Å². The summed E-state index contributed by atoms with van der Waals surface area (Å²) in [4.78, 5) is 11.3. The number of sulfonamides is 2. The lowest BCUT2D eigenvalue weighted by molar-refractivity contribution is -0.928. The third-order valence-corrected chi connectivity index (χ3v) is 8.29. The van der Waals surface area contributed by atoms with Gasteiger partial charge in [0.2, 0.25) is 0 Å². The zero-order chi connectivity index (χ0) is 32.4. The van der Waals surface area contributed by atoms with Gasteiger partial charge < -0.3 is 13.3 Å². The molecule has 240 valence electrons. The van der Waals surface area contributed by atoms with E-state index in [9.17, 15) is 65.5 Å². The Hall–Kier alpha value is -1.67. The first-order valence-electron chi connectivity index (χ1n) is 11.5. The topological polar surface area (TPSA) is 109 Å². The van der Waals surface area contributed by atoms with Gasteiger partial charge in [-0.2, -0.15) is 43.9 Å². The molecule has 0 fully saturated rings. The Bertz CT molecular complexity index is 972. The second-order valence-electron chi connectivity index (χ2n) is 8.56. The molecule has 0 aromatic heterocycles. The lowest BCUT2D eigenvalue weighted by Gasteiger charge is -2.38. The van der Waals surface area contributed by atoms with Gasteiger partial charge in [-0.1, -0.05) is 27.4 Å². The number of carbonyl (C=O) groups is 1. The Morgan fingerprint density at radius 3 is 1.30 bits per heavy atom. The Morgan fingerprint density at radius 2 is 1.05 bits per heavy atom.